The normalized spacial score (nSPS) is 11.3. The van der Waals surface area contributed by atoms with Crippen LogP contribution in [0.2, 0.25) is 0 Å². The van der Waals surface area contributed by atoms with Gasteiger partial charge in [0.2, 0.25) is 0 Å². The first-order valence-corrected chi connectivity index (χ1v) is 5.91. The average Bonchev–Trinajstić information content (AvgIpc) is 2.36. The Hall–Kier alpha value is -1.62. The first-order chi connectivity index (χ1) is 8.43. The molecule has 0 aliphatic rings. The van der Waals surface area contributed by atoms with Crippen LogP contribution in [0.5, 0.6) is 5.75 Å². The lowest BCUT2D eigenvalue weighted by atomic mass is 9.97. The number of carbonyl (C=O) groups is 1. The standard InChI is InChI=1S/C13H18FNO3/c1-3-13(18,4-2)8-15-12(17)11-9(14)6-5-7-10(11)16/h5-7,16,18H,3-4,8H2,1-2H3,(H,15,17). The van der Waals surface area contributed by atoms with Crippen molar-refractivity contribution in [2.75, 3.05) is 6.54 Å². The van der Waals surface area contributed by atoms with Crippen molar-refractivity contribution in [3.05, 3.63) is 29.6 Å². The number of rotatable bonds is 5. The molecule has 1 aromatic rings. The highest BCUT2D eigenvalue weighted by atomic mass is 19.1. The molecule has 0 saturated heterocycles. The molecule has 0 heterocycles. The van der Waals surface area contributed by atoms with Crippen molar-refractivity contribution >= 4 is 5.91 Å². The average molecular weight is 255 g/mol. The van der Waals surface area contributed by atoms with Crippen molar-refractivity contribution in [2.24, 2.45) is 0 Å². The molecule has 3 N–H and O–H groups in total. The van der Waals surface area contributed by atoms with Crippen LogP contribution in [0.25, 0.3) is 0 Å². The van der Waals surface area contributed by atoms with Gasteiger partial charge in [0.05, 0.1) is 5.60 Å². The van der Waals surface area contributed by atoms with Crippen molar-refractivity contribution in [1.29, 1.82) is 0 Å². The third kappa shape index (κ3) is 3.20. The second kappa shape index (κ2) is 5.82. The van der Waals surface area contributed by atoms with Crippen LogP contribution in [0.1, 0.15) is 37.0 Å². The predicted octanol–water partition coefficient (Wildman–Crippen LogP) is 1.81. The van der Waals surface area contributed by atoms with Gasteiger partial charge in [0.15, 0.2) is 0 Å². The van der Waals surface area contributed by atoms with Gasteiger partial charge in [-0.2, -0.15) is 0 Å². The van der Waals surface area contributed by atoms with Crippen LogP contribution < -0.4 is 5.32 Å². The second-order valence-electron chi connectivity index (χ2n) is 4.25. The van der Waals surface area contributed by atoms with Gasteiger partial charge in [0.1, 0.15) is 17.1 Å². The summed E-state index contributed by atoms with van der Waals surface area (Å²) < 4.78 is 13.4. The SMILES string of the molecule is CCC(O)(CC)CNC(=O)c1c(O)cccc1F. The van der Waals surface area contributed by atoms with Gasteiger partial charge in [-0.1, -0.05) is 19.9 Å². The molecule has 4 nitrogen and oxygen atoms in total. The number of aromatic hydroxyl groups is 1. The molecular formula is C13H18FNO3. The van der Waals surface area contributed by atoms with Crippen molar-refractivity contribution in [2.45, 2.75) is 32.3 Å². The molecule has 0 atom stereocenters. The topological polar surface area (TPSA) is 69.6 Å². The Morgan fingerprint density at radius 1 is 1.39 bits per heavy atom. The summed E-state index contributed by atoms with van der Waals surface area (Å²) >= 11 is 0. The molecule has 100 valence electrons. The minimum Gasteiger partial charge on any atom is -0.507 e. The van der Waals surface area contributed by atoms with E-state index in [4.69, 9.17) is 0 Å². The minimum absolute atomic E-state index is 0.0204. The molecule has 0 aliphatic carbocycles. The highest BCUT2D eigenvalue weighted by molar-refractivity contribution is 5.97. The summed E-state index contributed by atoms with van der Waals surface area (Å²) in [6, 6.07) is 3.65. The number of carbonyl (C=O) groups excluding carboxylic acids is 1. The maximum Gasteiger partial charge on any atom is 0.258 e. The van der Waals surface area contributed by atoms with Crippen molar-refractivity contribution in [1.82, 2.24) is 5.32 Å². The van der Waals surface area contributed by atoms with Gasteiger partial charge in [-0.25, -0.2) is 4.39 Å². The summed E-state index contributed by atoms with van der Waals surface area (Å²) in [6.45, 7) is 3.62. The van der Waals surface area contributed by atoms with Gasteiger partial charge < -0.3 is 15.5 Å². The van der Waals surface area contributed by atoms with Gasteiger partial charge in [-0.3, -0.25) is 4.79 Å². The van der Waals surface area contributed by atoms with Crippen LogP contribution in [-0.4, -0.2) is 28.3 Å². The molecule has 5 heteroatoms. The van der Waals surface area contributed by atoms with E-state index in [9.17, 15) is 19.4 Å². The molecule has 0 saturated carbocycles. The fourth-order valence-electron chi connectivity index (χ4n) is 1.57. The molecular weight excluding hydrogens is 237 g/mol. The largest absolute Gasteiger partial charge is 0.507 e. The zero-order chi connectivity index (χ0) is 13.8. The van der Waals surface area contributed by atoms with E-state index in [1.54, 1.807) is 13.8 Å². The molecule has 1 amide bonds. The molecule has 0 fully saturated rings. The Kier molecular flexibility index (Phi) is 4.67. The number of hydrogen-bond donors (Lipinski definition) is 3. The summed E-state index contributed by atoms with van der Waals surface area (Å²) in [7, 11) is 0. The van der Waals surface area contributed by atoms with Crippen LogP contribution >= 0.6 is 0 Å². The highest BCUT2D eigenvalue weighted by Crippen LogP contribution is 2.20. The number of benzene rings is 1. The molecule has 0 radical (unpaired) electrons. The van der Waals surface area contributed by atoms with E-state index < -0.39 is 28.6 Å². The zero-order valence-electron chi connectivity index (χ0n) is 10.5. The Balaban J connectivity index is 2.78. The highest BCUT2D eigenvalue weighted by Gasteiger charge is 2.24. The van der Waals surface area contributed by atoms with Crippen LogP contribution in [-0.2, 0) is 0 Å². The molecule has 0 spiro atoms. The number of halogens is 1. The van der Waals surface area contributed by atoms with Crippen molar-refractivity contribution in [3.63, 3.8) is 0 Å². The number of amides is 1. The third-order valence-electron chi connectivity index (χ3n) is 3.11. The molecule has 0 aliphatic heterocycles. The maximum absolute atomic E-state index is 13.4. The molecule has 0 unspecified atom stereocenters. The summed E-state index contributed by atoms with van der Waals surface area (Å²) in [4.78, 5) is 11.7. The van der Waals surface area contributed by atoms with Gasteiger partial charge >= 0.3 is 0 Å². The second-order valence-corrected chi connectivity index (χ2v) is 4.25. The summed E-state index contributed by atoms with van der Waals surface area (Å²) in [5.41, 5.74) is -1.40. The number of hydrogen-bond acceptors (Lipinski definition) is 3. The Morgan fingerprint density at radius 2 is 2.00 bits per heavy atom. The molecule has 1 aromatic carbocycles. The molecule has 0 aromatic heterocycles. The Labute approximate surface area is 105 Å². The number of aliphatic hydroxyl groups is 1. The van der Waals surface area contributed by atoms with Crippen LogP contribution in [0.4, 0.5) is 4.39 Å². The number of phenolic OH excluding ortho intramolecular Hbond substituents is 1. The number of phenols is 1. The molecule has 18 heavy (non-hydrogen) atoms. The lowest BCUT2D eigenvalue weighted by Gasteiger charge is -2.25. The fourth-order valence-corrected chi connectivity index (χ4v) is 1.57. The van der Waals surface area contributed by atoms with Gasteiger partial charge in [-0.15, -0.1) is 0 Å². The van der Waals surface area contributed by atoms with Gasteiger partial charge in [-0.05, 0) is 25.0 Å². The zero-order valence-corrected chi connectivity index (χ0v) is 10.5. The van der Waals surface area contributed by atoms with E-state index in [0.29, 0.717) is 12.8 Å². The maximum atomic E-state index is 13.4. The van der Waals surface area contributed by atoms with E-state index in [1.165, 1.54) is 12.1 Å². The van der Waals surface area contributed by atoms with E-state index in [1.807, 2.05) is 0 Å². The lowest BCUT2D eigenvalue weighted by Crippen LogP contribution is -2.42. The van der Waals surface area contributed by atoms with Gasteiger partial charge in [0.25, 0.3) is 5.91 Å². The van der Waals surface area contributed by atoms with Crippen molar-refractivity contribution < 1.29 is 19.4 Å². The third-order valence-corrected chi connectivity index (χ3v) is 3.11. The first kappa shape index (κ1) is 14.4. The van der Waals surface area contributed by atoms with E-state index >= 15 is 0 Å². The Bertz CT molecular complexity index is 410. The van der Waals surface area contributed by atoms with E-state index in [0.717, 1.165) is 6.07 Å². The van der Waals surface area contributed by atoms with Crippen LogP contribution in [0.15, 0.2) is 18.2 Å². The van der Waals surface area contributed by atoms with Crippen LogP contribution in [0, 0.1) is 5.82 Å². The van der Waals surface area contributed by atoms with Crippen LogP contribution in [0.3, 0.4) is 0 Å². The smallest absolute Gasteiger partial charge is 0.258 e. The Morgan fingerprint density at radius 3 is 2.50 bits per heavy atom. The molecule has 0 bridgehead atoms. The van der Waals surface area contributed by atoms with Gasteiger partial charge in [0, 0.05) is 6.54 Å². The predicted molar refractivity (Wildman–Crippen MR) is 65.9 cm³/mol. The lowest BCUT2D eigenvalue weighted by molar-refractivity contribution is 0.0313. The van der Waals surface area contributed by atoms with E-state index in [-0.39, 0.29) is 6.54 Å². The van der Waals surface area contributed by atoms with E-state index in [2.05, 4.69) is 5.32 Å². The number of nitrogens with one attached hydrogen (secondary N) is 1. The summed E-state index contributed by atoms with van der Waals surface area (Å²) in [6.07, 6.45) is 0.958. The monoisotopic (exact) mass is 255 g/mol. The minimum atomic E-state index is -1.00. The first-order valence-electron chi connectivity index (χ1n) is 5.91. The van der Waals surface area contributed by atoms with Crippen molar-refractivity contribution in [3.8, 4) is 5.75 Å². The quantitative estimate of drug-likeness (QED) is 0.751. The summed E-state index contributed by atoms with van der Waals surface area (Å²) in [5.74, 6) is -1.93. The summed E-state index contributed by atoms with van der Waals surface area (Å²) in [5, 5.41) is 21.9. The fraction of sp³-hybridized carbons (Fsp3) is 0.462. The molecule has 1 rings (SSSR count).